The third-order valence-electron chi connectivity index (χ3n) is 5.43. The first-order chi connectivity index (χ1) is 15.7. The van der Waals surface area contributed by atoms with Gasteiger partial charge in [-0.25, -0.2) is 9.29 Å². The van der Waals surface area contributed by atoms with Crippen molar-refractivity contribution in [3.63, 3.8) is 0 Å². The molecule has 1 saturated heterocycles. The van der Waals surface area contributed by atoms with Crippen molar-refractivity contribution in [2.45, 2.75) is 19.3 Å². The molecule has 1 aliphatic heterocycles. The number of hydrogen-bond acceptors (Lipinski definition) is 9. The zero-order valence-electron chi connectivity index (χ0n) is 18.3. The number of furan rings is 1. The highest BCUT2D eigenvalue weighted by molar-refractivity contribution is 7.96. The molecule has 0 aromatic carbocycles. The minimum Gasteiger partial charge on any atom is -0.459 e. The number of hydrogen-bond donors (Lipinski definition) is 3. The molecule has 1 aliphatic rings. The summed E-state index contributed by atoms with van der Waals surface area (Å²) < 4.78 is 9.02. The Morgan fingerprint density at radius 2 is 2.03 bits per heavy atom. The van der Waals surface area contributed by atoms with Gasteiger partial charge in [0.2, 0.25) is 5.91 Å². The second-order valence-corrected chi connectivity index (χ2v) is 8.74. The van der Waals surface area contributed by atoms with Crippen LogP contribution in [0.25, 0.3) is 22.1 Å². The van der Waals surface area contributed by atoms with Crippen LogP contribution >= 0.6 is 11.9 Å². The van der Waals surface area contributed by atoms with Gasteiger partial charge in [0.1, 0.15) is 17.2 Å². The lowest BCUT2D eigenvalue weighted by atomic mass is 10.0. The Morgan fingerprint density at radius 3 is 2.67 bits per heavy atom. The summed E-state index contributed by atoms with van der Waals surface area (Å²) in [6.07, 6.45) is 4.77. The minimum absolute atomic E-state index is 0.168. The number of pyridine rings is 2. The predicted molar refractivity (Wildman–Crippen MR) is 127 cm³/mol. The Balaban J connectivity index is 1.78. The molecule has 0 atom stereocenters. The molecule has 0 bridgehead atoms. The molecule has 0 saturated carbocycles. The number of piperazine rings is 1. The number of rotatable bonds is 6. The van der Waals surface area contributed by atoms with Gasteiger partial charge in [-0.3, -0.25) is 19.1 Å². The van der Waals surface area contributed by atoms with Crippen molar-refractivity contribution in [1.29, 1.82) is 0 Å². The van der Waals surface area contributed by atoms with E-state index in [2.05, 4.69) is 25.8 Å². The van der Waals surface area contributed by atoms with Gasteiger partial charge in [-0.05, 0) is 30.0 Å². The van der Waals surface area contributed by atoms with Crippen LogP contribution in [0.15, 0.2) is 39.8 Å². The number of nitrogens with zero attached hydrogens (tertiary/aromatic N) is 4. The first-order valence-corrected chi connectivity index (χ1v) is 11.5. The average Bonchev–Trinajstić information content (AvgIpc) is 3.17. The molecule has 0 spiro atoms. The molecule has 1 fully saturated rings. The van der Waals surface area contributed by atoms with E-state index in [9.17, 15) is 19.8 Å². The first-order valence-electron chi connectivity index (χ1n) is 10.3. The normalized spacial score (nSPS) is 15.8. The van der Waals surface area contributed by atoms with Gasteiger partial charge in [0.25, 0.3) is 5.56 Å². The number of carbonyl (C=O) groups is 1. The fourth-order valence-electron chi connectivity index (χ4n) is 3.84. The Hall–Kier alpha value is -2.64. The molecule has 3 aromatic heterocycles. The van der Waals surface area contributed by atoms with E-state index >= 15 is 0 Å². The van der Waals surface area contributed by atoms with Crippen molar-refractivity contribution in [2.24, 2.45) is 0 Å². The number of nitrogens with one attached hydrogen (secondary N) is 1. The number of anilines is 1. The van der Waals surface area contributed by atoms with Crippen molar-refractivity contribution < 1.29 is 19.4 Å². The topological polar surface area (TPSA) is 124 Å². The summed E-state index contributed by atoms with van der Waals surface area (Å²) in [5.74, 6) is -2.31. The van der Waals surface area contributed by atoms with E-state index in [1.54, 1.807) is 30.1 Å². The van der Waals surface area contributed by atoms with Gasteiger partial charge < -0.3 is 19.9 Å². The molecule has 0 aliphatic carbocycles. The maximum absolute atomic E-state index is 13.0. The maximum Gasteiger partial charge on any atom is 0.265 e. The number of carbonyl (C=O) groups excluding carboxylic acids is 1. The molecule has 12 heteroatoms. The Labute approximate surface area is 195 Å². The van der Waals surface area contributed by atoms with Crippen molar-refractivity contribution in [2.75, 3.05) is 37.8 Å². The third-order valence-corrected chi connectivity index (χ3v) is 6.32. The molecule has 2 radical (unpaired) electrons. The summed E-state index contributed by atoms with van der Waals surface area (Å²) >= 11 is 1.72. The lowest BCUT2D eigenvalue weighted by Gasteiger charge is -2.32. The summed E-state index contributed by atoms with van der Waals surface area (Å²) in [5.41, 5.74) is 0.541. The fourth-order valence-corrected chi connectivity index (χ4v) is 4.37. The van der Waals surface area contributed by atoms with Crippen LogP contribution in [0, 0.1) is 0 Å². The van der Waals surface area contributed by atoms with Crippen molar-refractivity contribution in [3.8, 4) is 11.1 Å². The lowest BCUT2D eigenvalue weighted by molar-refractivity contribution is -0.153. The second-order valence-electron chi connectivity index (χ2n) is 7.86. The zero-order valence-corrected chi connectivity index (χ0v) is 19.1. The van der Waals surface area contributed by atoms with Gasteiger partial charge in [-0.15, -0.1) is 0 Å². The molecule has 10 nitrogen and oxygen atoms in total. The quantitative estimate of drug-likeness (QED) is 0.272. The van der Waals surface area contributed by atoms with E-state index in [0.29, 0.717) is 39.4 Å². The Kier molecular flexibility index (Phi) is 6.64. The molecule has 0 unspecified atom stereocenters. The van der Waals surface area contributed by atoms with Crippen LogP contribution in [0.5, 0.6) is 0 Å². The van der Waals surface area contributed by atoms with E-state index < -0.39 is 11.4 Å². The summed E-state index contributed by atoms with van der Waals surface area (Å²) in [4.78, 5) is 30.7. The number of fused-ring (bicyclic) bond motifs is 1. The molecule has 4 heterocycles. The van der Waals surface area contributed by atoms with E-state index in [-0.39, 0.29) is 11.3 Å². The van der Waals surface area contributed by atoms with Gasteiger partial charge in [0.05, 0.1) is 11.9 Å². The first kappa shape index (κ1) is 23.5. The molecular formula is C21H24BN5O5S. The second kappa shape index (κ2) is 9.31. The van der Waals surface area contributed by atoms with Gasteiger partial charge >= 0.3 is 0 Å². The molecule has 33 heavy (non-hydrogen) atoms. The largest absolute Gasteiger partial charge is 0.459 e. The SMILES string of the molecule is [B]C(O)(O)n1cc(-c2ccnc(NC(C)=O)c2)c2oc(CN3CCN(SC)CC3)cc2c1=O. The van der Waals surface area contributed by atoms with Gasteiger partial charge in [0, 0.05) is 51.1 Å². The van der Waals surface area contributed by atoms with Crippen molar-refractivity contribution >= 4 is 42.5 Å². The highest BCUT2D eigenvalue weighted by atomic mass is 32.2. The van der Waals surface area contributed by atoms with Crippen LogP contribution in [0.3, 0.4) is 0 Å². The molecule has 4 rings (SSSR count). The molecule has 1 amide bonds. The minimum atomic E-state index is -2.90. The lowest BCUT2D eigenvalue weighted by Crippen LogP contribution is -2.42. The van der Waals surface area contributed by atoms with Crippen LogP contribution in [0.1, 0.15) is 12.7 Å². The third kappa shape index (κ3) is 5.15. The van der Waals surface area contributed by atoms with Gasteiger partial charge in [-0.2, -0.15) is 0 Å². The van der Waals surface area contributed by atoms with Gasteiger partial charge in [0.15, 0.2) is 13.7 Å². The summed E-state index contributed by atoms with van der Waals surface area (Å²) in [5, 5.41) is 22.7. The van der Waals surface area contributed by atoms with Gasteiger partial charge in [-0.1, -0.05) is 11.9 Å². The molecule has 172 valence electrons. The maximum atomic E-state index is 13.0. The summed E-state index contributed by atoms with van der Waals surface area (Å²) in [6.45, 7) is 5.44. The van der Waals surface area contributed by atoms with Crippen molar-refractivity contribution in [1.82, 2.24) is 18.8 Å². The smallest absolute Gasteiger partial charge is 0.265 e. The van der Waals surface area contributed by atoms with E-state index in [1.165, 1.54) is 19.3 Å². The van der Waals surface area contributed by atoms with Crippen LogP contribution < -0.4 is 10.9 Å². The number of amides is 1. The Morgan fingerprint density at radius 1 is 1.30 bits per heavy atom. The Bertz CT molecular complexity index is 1230. The standard InChI is InChI=1S/C21H24BN5O5S/c1-13(28)24-18-9-14(3-4-23-18)17-12-27(21(22,30)31)20(29)16-10-15(32-19(16)17)11-25-5-7-26(33-2)8-6-25/h3-4,9-10,12,30-31H,5-8,11H2,1-2H3,(H,23,24,28). The number of aromatic nitrogens is 2. The van der Waals surface area contributed by atoms with E-state index in [0.717, 1.165) is 26.2 Å². The highest BCUT2D eigenvalue weighted by Crippen LogP contribution is 2.31. The van der Waals surface area contributed by atoms with Crippen LogP contribution in [-0.2, 0) is 17.1 Å². The zero-order chi connectivity index (χ0) is 23.8. The predicted octanol–water partition coefficient (Wildman–Crippen LogP) is 0.731. The van der Waals surface area contributed by atoms with E-state index in [4.69, 9.17) is 12.3 Å². The average molecular weight is 469 g/mol. The fraction of sp³-hybridized carbons (Fsp3) is 0.381. The molecule has 3 aromatic rings. The molecular weight excluding hydrogens is 445 g/mol. The highest BCUT2D eigenvalue weighted by Gasteiger charge is 2.25. The molecule has 3 N–H and O–H groups in total. The number of aliphatic hydroxyl groups is 2. The van der Waals surface area contributed by atoms with E-state index in [1.807, 2.05) is 0 Å². The van der Waals surface area contributed by atoms with Crippen LogP contribution in [-0.4, -0.2) is 75.2 Å². The summed E-state index contributed by atoms with van der Waals surface area (Å²) in [7, 11) is 5.43. The van der Waals surface area contributed by atoms with Crippen LogP contribution in [0.4, 0.5) is 5.82 Å². The van der Waals surface area contributed by atoms with Crippen molar-refractivity contribution in [3.05, 3.63) is 46.7 Å². The monoisotopic (exact) mass is 469 g/mol. The van der Waals surface area contributed by atoms with Crippen LogP contribution in [0.2, 0.25) is 0 Å². The summed E-state index contributed by atoms with van der Waals surface area (Å²) in [6, 6.07) is 4.87.